The quantitative estimate of drug-likeness (QED) is 0.900. The van der Waals surface area contributed by atoms with Crippen LogP contribution in [0.5, 0.6) is 0 Å². The fourth-order valence-corrected chi connectivity index (χ4v) is 2.41. The van der Waals surface area contributed by atoms with Crippen LogP contribution < -0.4 is 0 Å². The molecule has 0 unspecified atom stereocenters. The normalized spacial score (nSPS) is 10.3. The molecular formula is C11H12N6S. The SMILES string of the molecule is CCc1nnc(Sc2ncn[nH]2)c(C#N)c1CC. The first kappa shape index (κ1) is 12.5. The number of hydrogen-bond acceptors (Lipinski definition) is 6. The highest BCUT2D eigenvalue weighted by Gasteiger charge is 2.16. The number of aromatic nitrogens is 5. The smallest absolute Gasteiger partial charge is 0.189 e. The maximum atomic E-state index is 9.30. The van der Waals surface area contributed by atoms with Gasteiger partial charge in [-0.15, -0.1) is 5.10 Å². The maximum Gasteiger partial charge on any atom is 0.189 e. The van der Waals surface area contributed by atoms with Crippen LogP contribution in [0.4, 0.5) is 0 Å². The van der Waals surface area contributed by atoms with Crippen LogP contribution in [0.15, 0.2) is 16.5 Å². The maximum absolute atomic E-state index is 9.30. The molecule has 0 bridgehead atoms. The predicted octanol–water partition coefficient (Wildman–Crippen LogP) is 1.74. The van der Waals surface area contributed by atoms with E-state index in [0.29, 0.717) is 15.7 Å². The monoisotopic (exact) mass is 260 g/mol. The van der Waals surface area contributed by atoms with Crippen LogP contribution in [0, 0.1) is 11.3 Å². The second-order valence-electron chi connectivity index (χ2n) is 3.52. The van der Waals surface area contributed by atoms with Crippen LogP contribution in [-0.2, 0) is 12.8 Å². The summed E-state index contributed by atoms with van der Waals surface area (Å²) in [5, 5.41) is 25.2. The molecule has 0 aliphatic carbocycles. The van der Waals surface area contributed by atoms with Crippen LogP contribution >= 0.6 is 11.8 Å². The summed E-state index contributed by atoms with van der Waals surface area (Å²) in [6.45, 7) is 4.02. The lowest BCUT2D eigenvalue weighted by atomic mass is 10.1. The molecule has 7 heteroatoms. The summed E-state index contributed by atoms with van der Waals surface area (Å²) in [5.41, 5.74) is 2.44. The van der Waals surface area contributed by atoms with Crippen molar-refractivity contribution >= 4 is 11.8 Å². The Morgan fingerprint density at radius 2 is 2.17 bits per heavy atom. The topological polar surface area (TPSA) is 91.1 Å². The molecule has 0 saturated heterocycles. The van der Waals surface area contributed by atoms with Gasteiger partial charge in [-0.25, -0.2) is 4.98 Å². The first-order chi connectivity index (χ1) is 8.80. The number of aromatic amines is 1. The van der Waals surface area contributed by atoms with Crippen molar-refractivity contribution < 1.29 is 0 Å². The molecule has 2 aromatic heterocycles. The van der Waals surface area contributed by atoms with Gasteiger partial charge in [-0.2, -0.15) is 15.5 Å². The third-order valence-electron chi connectivity index (χ3n) is 2.51. The van der Waals surface area contributed by atoms with Crippen molar-refractivity contribution in [3.63, 3.8) is 0 Å². The Bertz CT molecular complexity index is 572. The van der Waals surface area contributed by atoms with Gasteiger partial charge in [0, 0.05) is 0 Å². The first-order valence-corrected chi connectivity index (χ1v) is 6.43. The van der Waals surface area contributed by atoms with Gasteiger partial charge in [-0.05, 0) is 30.2 Å². The van der Waals surface area contributed by atoms with Gasteiger partial charge in [0.2, 0.25) is 0 Å². The summed E-state index contributed by atoms with van der Waals surface area (Å²) in [4.78, 5) is 4.00. The van der Waals surface area contributed by atoms with Crippen molar-refractivity contribution in [2.24, 2.45) is 0 Å². The zero-order valence-corrected chi connectivity index (χ0v) is 11.0. The lowest BCUT2D eigenvalue weighted by molar-refractivity contribution is 0.815. The largest absolute Gasteiger partial charge is 0.254 e. The number of nitrogens with zero attached hydrogens (tertiary/aromatic N) is 5. The molecule has 0 spiro atoms. The van der Waals surface area contributed by atoms with E-state index in [1.165, 1.54) is 18.1 Å². The minimum absolute atomic E-state index is 0.573. The molecule has 0 fully saturated rings. The fourth-order valence-electron chi connectivity index (χ4n) is 1.68. The first-order valence-electron chi connectivity index (χ1n) is 5.61. The van der Waals surface area contributed by atoms with E-state index in [2.05, 4.69) is 31.4 Å². The van der Waals surface area contributed by atoms with Crippen molar-refractivity contribution in [1.82, 2.24) is 25.4 Å². The lowest BCUT2D eigenvalue weighted by Crippen LogP contribution is -2.04. The summed E-state index contributed by atoms with van der Waals surface area (Å²) in [6.07, 6.45) is 2.96. The van der Waals surface area contributed by atoms with Gasteiger partial charge in [0.1, 0.15) is 17.4 Å². The second-order valence-corrected chi connectivity index (χ2v) is 4.49. The Morgan fingerprint density at radius 3 is 2.72 bits per heavy atom. The van der Waals surface area contributed by atoms with Crippen molar-refractivity contribution in [1.29, 1.82) is 5.26 Å². The van der Waals surface area contributed by atoms with E-state index in [9.17, 15) is 5.26 Å². The molecule has 2 aromatic rings. The van der Waals surface area contributed by atoms with E-state index in [4.69, 9.17) is 0 Å². The number of nitriles is 1. The average Bonchev–Trinajstić information content (AvgIpc) is 2.90. The molecular weight excluding hydrogens is 248 g/mol. The van der Waals surface area contributed by atoms with Crippen LogP contribution in [0.3, 0.4) is 0 Å². The van der Waals surface area contributed by atoms with Crippen LogP contribution in [-0.4, -0.2) is 25.4 Å². The highest BCUT2D eigenvalue weighted by Crippen LogP contribution is 2.28. The molecule has 0 radical (unpaired) electrons. The molecule has 0 aliphatic heterocycles. The van der Waals surface area contributed by atoms with Gasteiger partial charge in [0.05, 0.1) is 11.3 Å². The third-order valence-corrected chi connectivity index (χ3v) is 3.38. The van der Waals surface area contributed by atoms with Gasteiger partial charge in [0.15, 0.2) is 5.16 Å². The predicted molar refractivity (Wildman–Crippen MR) is 66.0 cm³/mol. The number of aryl methyl sites for hydroxylation is 1. The molecule has 0 aliphatic rings. The molecule has 18 heavy (non-hydrogen) atoms. The minimum atomic E-state index is 0.573. The molecule has 0 saturated carbocycles. The second kappa shape index (κ2) is 5.60. The zero-order valence-electron chi connectivity index (χ0n) is 10.1. The van der Waals surface area contributed by atoms with E-state index in [1.807, 2.05) is 13.8 Å². The molecule has 0 atom stereocenters. The lowest BCUT2D eigenvalue weighted by Gasteiger charge is -2.08. The molecule has 92 valence electrons. The van der Waals surface area contributed by atoms with E-state index in [1.54, 1.807) is 0 Å². The molecule has 2 heterocycles. The molecule has 2 rings (SSSR count). The van der Waals surface area contributed by atoms with Gasteiger partial charge in [-0.3, -0.25) is 5.10 Å². The van der Waals surface area contributed by atoms with E-state index < -0.39 is 0 Å². The molecule has 6 nitrogen and oxygen atoms in total. The molecule has 1 N–H and O–H groups in total. The summed E-state index contributed by atoms with van der Waals surface area (Å²) in [6, 6.07) is 2.22. The van der Waals surface area contributed by atoms with Crippen LogP contribution in [0.25, 0.3) is 0 Å². The highest BCUT2D eigenvalue weighted by molar-refractivity contribution is 7.99. The summed E-state index contributed by atoms with van der Waals surface area (Å²) in [5.74, 6) is 0. The number of nitrogens with one attached hydrogen (secondary N) is 1. The Labute approximate surface area is 109 Å². The zero-order chi connectivity index (χ0) is 13.0. The highest BCUT2D eigenvalue weighted by atomic mass is 32.2. The van der Waals surface area contributed by atoms with Crippen molar-refractivity contribution in [2.45, 2.75) is 36.9 Å². The van der Waals surface area contributed by atoms with Crippen LogP contribution in [0.1, 0.15) is 30.7 Å². The van der Waals surface area contributed by atoms with Crippen molar-refractivity contribution in [2.75, 3.05) is 0 Å². The van der Waals surface area contributed by atoms with Crippen molar-refractivity contribution in [3.8, 4) is 6.07 Å². The fraction of sp³-hybridized carbons (Fsp3) is 0.364. The summed E-state index contributed by atoms with van der Waals surface area (Å²) >= 11 is 1.27. The molecule has 0 aromatic carbocycles. The van der Waals surface area contributed by atoms with E-state index in [0.717, 1.165) is 24.1 Å². The minimum Gasteiger partial charge on any atom is -0.254 e. The van der Waals surface area contributed by atoms with Gasteiger partial charge in [0.25, 0.3) is 0 Å². The summed E-state index contributed by atoms with van der Waals surface area (Å²) in [7, 11) is 0. The summed E-state index contributed by atoms with van der Waals surface area (Å²) < 4.78 is 0. The van der Waals surface area contributed by atoms with E-state index >= 15 is 0 Å². The number of rotatable bonds is 4. The van der Waals surface area contributed by atoms with Gasteiger partial charge < -0.3 is 0 Å². The third kappa shape index (κ3) is 2.33. The average molecular weight is 260 g/mol. The number of hydrogen-bond donors (Lipinski definition) is 1. The van der Waals surface area contributed by atoms with E-state index in [-0.39, 0.29) is 0 Å². The number of H-pyrrole nitrogens is 1. The Morgan fingerprint density at radius 1 is 1.33 bits per heavy atom. The van der Waals surface area contributed by atoms with Gasteiger partial charge in [-0.1, -0.05) is 13.8 Å². The van der Waals surface area contributed by atoms with Gasteiger partial charge >= 0.3 is 0 Å². The van der Waals surface area contributed by atoms with Crippen molar-refractivity contribution in [3.05, 3.63) is 23.1 Å². The Kier molecular flexibility index (Phi) is 3.89. The molecule has 0 amide bonds. The Hall–Kier alpha value is -1.94. The van der Waals surface area contributed by atoms with Crippen LogP contribution in [0.2, 0.25) is 0 Å². The Balaban J connectivity index is 2.45. The standard InChI is InChI=1S/C11H12N6S/c1-3-7-8(5-12)10(16-15-9(7)4-2)18-11-13-6-14-17-11/h6H,3-4H2,1-2H3,(H,13,14,17).